The van der Waals surface area contributed by atoms with Crippen LogP contribution in [0.15, 0.2) is 24.3 Å². The number of nitrogens with one attached hydrogen (secondary N) is 1. The van der Waals surface area contributed by atoms with Crippen LogP contribution < -0.4 is 11.1 Å². The van der Waals surface area contributed by atoms with Gasteiger partial charge in [-0.1, -0.05) is 38.1 Å². The van der Waals surface area contributed by atoms with Gasteiger partial charge < -0.3 is 11.1 Å². The number of hydrogen-bond acceptors (Lipinski definition) is 2. The zero-order chi connectivity index (χ0) is 15.9. The molecule has 0 aromatic heterocycles. The number of hydrogen-bond donors (Lipinski definition) is 2. The second-order valence-corrected chi connectivity index (χ2v) is 7.66. The van der Waals surface area contributed by atoms with Crippen LogP contribution in [0.3, 0.4) is 0 Å². The Labute approximate surface area is 133 Å². The number of nitrogens with two attached hydrogens (primary N) is 1. The summed E-state index contributed by atoms with van der Waals surface area (Å²) in [6, 6.07) is 8.77. The molecule has 22 heavy (non-hydrogen) atoms. The SMILES string of the molecule is CC(C)c1ccc(C2CC2C(=O)NC(C)(CN)C2CC2)cc1. The first-order chi connectivity index (χ1) is 10.4. The normalized spacial score (nSPS) is 26.6. The van der Waals surface area contributed by atoms with Crippen molar-refractivity contribution in [2.45, 2.75) is 57.4 Å². The molecule has 3 N–H and O–H groups in total. The van der Waals surface area contributed by atoms with E-state index < -0.39 is 0 Å². The number of carbonyl (C=O) groups is 1. The topological polar surface area (TPSA) is 55.1 Å². The molecule has 3 atom stereocenters. The van der Waals surface area contributed by atoms with Crippen molar-refractivity contribution in [3.05, 3.63) is 35.4 Å². The number of amides is 1. The molecule has 2 fully saturated rings. The summed E-state index contributed by atoms with van der Waals surface area (Å²) >= 11 is 0. The molecule has 0 spiro atoms. The van der Waals surface area contributed by atoms with Crippen LogP contribution in [0.25, 0.3) is 0 Å². The molecule has 0 saturated heterocycles. The van der Waals surface area contributed by atoms with E-state index in [1.165, 1.54) is 24.0 Å². The maximum atomic E-state index is 12.5. The lowest BCUT2D eigenvalue weighted by molar-refractivity contribution is -0.124. The van der Waals surface area contributed by atoms with Gasteiger partial charge in [-0.15, -0.1) is 0 Å². The van der Waals surface area contributed by atoms with Crippen molar-refractivity contribution in [2.24, 2.45) is 17.6 Å². The van der Waals surface area contributed by atoms with Crippen molar-refractivity contribution in [3.63, 3.8) is 0 Å². The molecule has 1 aromatic rings. The first-order valence-corrected chi connectivity index (χ1v) is 8.56. The molecule has 3 rings (SSSR count). The third kappa shape index (κ3) is 3.05. The van der Waals surface area contributed by atoms with Gasteiger partial charge in [0.1, 0.15) is 0 Å². The fourth-order valence-electron chi connectivity index (χ4n) is 3.40. The van der Waals surface area contributed by atoms with Crippen LogP contribution in [-0.4, -0.2) is 18.0 Å². The highest BCUT2D eigenvalue weighted by atomic mass is 16.2. The third-order valence-corrected chi connectivity index (χ3v) is 5.47. The zero-order valence-electron chi connectivity index (χ0n) is 13.9. The lowest BCUT2D eigenvalue weighted by atomic mass is 9.95. The molecule has 0 heterocycles. The van der Waals surface area contributed by atoms with E-state index >= 15 is 0 Å². The minimum absolute atomic E-state index is 0.134. The van der Waals surface area contributed by atoms with E-state index in [0.717, 1.165) is 6.42 Å². The van der Waals surface area contributed by atoms with Crippen LogP contribution in [0.2, 0.25) is 0 Å². The van der Waals surface area contributed by atoms with Crippen LogP contribution in [0.1, 0.15) is 63.0 Å². The van der Waals surface area contributed by atoms with Crippen LogP contribution >= 0.6 is 0 Å². The lowest BCUT2D eigenvalue weighted by Gasteiger charge is -2.29. The van der Waals surface area contributed by atoms with Gasteiger partial charge in [-0.3, -0.25) is 4.79 Å². The Bertz CT molecular complexity index is 547. The van der Waals surface area contributed by atoms with Crippen LogP contribution in [0.4, 0.5) is 0 Å². The summed E-state index contributed by atoms with van der Waals surface area (Å²) in [6.07, 6.45) is 3.36. The van der Waals surface area contributed by atoms with E-state index in [1.807, 2.05) is 0 Å². The van der Waals surface area contributed by atoms with Gasteiger partial charge >= 0.3 is 0 Å². The third-order valence-electron chi connectivity index (χ3n) is 5.47. The van der Waals surface area contributed by atoms with E-state index in [2.05, 4.69) is 50.4 Å². The second kappa shape index (κ2) is 5.69. The quantitative estimate of drug-likeness (QED) is 0.848. The predicted octanol–water partition coefficient (Wildman–Crippen LogP) is 3.16. The monoisotopic (exact) mass is 300 g/mol. The van der Waals surface area contributed by atoms with Crippen molar-refractivity contribution in [1.82, 2.24) is 5.32 Å². The van der Waals surface area contributed by atoms with E-state index in [9.17, 15) is 4.79 Å². The number of carbonyl (C=O) groups excluding carboxylic acids is 1. The summed E-state index contributed by atoms with van der Waals surface area (Å²) in [7, 11) is 0. The minimum Gasteiger partial charge on any atom is -0.349 e. The summed E-state index contributed by atoms with van der Waals surface area (Å²) in [5, 5.41) is 3.23. The molecule has 2 saturated carbocycles. The van der Waals surface area contributed by atoms with Crippen molar-refractivity contribution in [1.29, 1.82) is 0 Å². The molecular weight excluding hydrogens is 272 g/mol. The van der Waals surface area contributed by atoms with Crippen LogP contribution in [0, 0.1) is 11.8 Å². The molecule has 2 aliphatic rings. The molecule has 3 heteroatoms. The van der Waals surface area contributed by atoms with Gasteiger partial charge in [0, 0.05) is 12.5 Å². The molecule has 120 valence electrons. The largest absolute Gasteiger partial charge is 0.349 e. The molecule has 1 aromatic carbocycles. The molecular formula is C19H28N2O. The fourth-order valence-corrected chi connectivity index (χ4v) is 3.40. The number of rotatable bonds is 6. The molecule has 3 nitrogen and oxygen atoms in total. The summed E-state index contributed by atoms with van der Waals surface area (Å²) in [5.74, 6) is 1.84. The van der Waals surface area contributed by atoms with Gasteiger partial charge in [0.25, 0.3) is 0 Å². The van der Waals surface area contributed by atoms with E-state index in [1.54, 1.807) is 0 Å². The van der Waals surface area contributed by atoms with Crippen LogP contribution in [-0.2, 0) is 4.79 Å². The lowest BCUT2D eigenvalue weighted by Crippen LogP contribution is -2.53. The second-order valence-electron chi connectivity index (χ2n) is 7.66. The van der Waals surface area contributed by atoms with Gasteiger partial charge in [-0.05, 0) is 55.1 Å². The van der Waals surface area contributed by atoms with Crippen molar-refractivity contribution in [2.75, 3.05) is 6.54 Å². The molecule has 0 radical (unpaired) electrons. The molecule has 0 bridgehead atoms. The zero-order valence-corrected chi connectivity index (χ0v) is 13.9. The van der Waals surface area contributed by atoms with E-state index in [4.69, 9.17) is 5.73 Å². The van der Waals surface area contributed by atoms with Crippen molar-refractivity contribution >= 4 is 5.91 Å². The highest BCUT2D eigenvalue weighted by Gasteiger charge is 2.48. The maximum absolute atomic E-state index is 12.5. The fraction of sp³-hybridized carbons (Fsp3) is 0.632. The van der Waals surface area contributed by atoms with Gasteiger partial charge in [0.2, 0.25) is 5.91 Å². The van der Waals surface area contributed by atoms with Gasteiger partial charge in [0.05, 0.1) is 5.54 Å². The first-order valence-electron chi connectivity index (χ1n) is 8.56. The van der Waals surface area contributed by atoms with Gasteiger partial charge in [-0.2, -0.15) is 0 Å². The summed E-state index contributed by atoms with van der Waals surface area (Å²) < 4.78 is 0. The van der Waals surface area contributed by atoms with Crippen molar-refractivity contribution < 1.29 is 4.79 Å². The summed E-state index contributed by atoms with van der Waals surface area (Å²) in [5.41, 5.74) is 8.34. The minimum atomic E-state index is -0.203. The standard InChI is InChI=1S/C19H28N2O/c1-12(2)13-4-6-14(7-5-13)16-10-17(16)18(22)21-19(3,11-20)15-8-9-15/h4-7,12,15-17H,8-11,20H2,1-3H3,(H,21,22). The molecule has 1 amide bonds. The Kier molecular flexibility index (Phi) is 4.02. The Morgan fingerprint density at radius 1 is 1.32 bits per heavy atom. The molecule has 0 aliphatic heterocycles. The average Bonchev–Trinajstić information content (AvgIpc) is 3.39. The van der Waals surface area contributed by atoms with E-state index in [0.29, 0.717) is 24.3 Å². The Morgan fingerprint density at radius 2 is 1.95 bits per heavy atom. The highest BCUT2D eigenvalue weighted by Crippen LogP contribution is 2.48. The molecule has 2 aliphatic carbocycles. The summed E-state index contributed by atoms with van der Waals surface area (Å²) in [6.45, 7) is 7.03. The summed E-state index contributed by atoms with van der Waals surface area (Å²) in [4.78, 5) is 12.5. The Morgan fingerprint density at radius 3 is 2.45 bits per heavy atom. The first kappa shape index (κ1) is 15.5. The predicted molar refractivity (Wildman–Crippen MR) is 89.7 cm³/mol. The van der Waals surface area contributed by atoms with Gasteiger partial charge in [-0.25, -0.2) is 0 Å². The Balaban J connectivity index is 1.60. The smallest absolute Gasteiger partial charge is 0.224 e. The van der Waals surface area contributed by atoms with E-state index in [-0.39, 0.29) is 17.4 Å². The average molecular weight is 300 g/mol. The van der Waals surface area contributed by atoms with Crippen LogP contribution in [0.5, 0.6) is 0 Å². The molecule has 3 unspecified atom stereocenters. The number of benzene rings is 1. The van der Waals surface area contributed by atoms with Crippen molar-refractivity contribution in [3.8, 4) is 0 Å². The highest BCUT2D eigenvalue weighted by molar-refractivity contribution is 5.83. The maximum Gasteiger partial charge on any atom is 0.224 e. The van der Waals surface area contributed by atoms with Gasteiger partial charge in [0.15, 0.2) is 0 Å². The Hall–Kier alpha value is -1.35.